The summed E-state index contributed by atoms with van der Waals surface area (Å²) in [5.74, 6) is 1.14. The van der Waals surface area contributed by atoms with Crippen molar-refractivity contribution in [3.8, 4) is 0 Å². The molecule has 0 amide bonds. The topological polar surface area (TPSA) is 30.2 Å². The fourth-order valence-corrected chi connectivity index (χ4v) is 2.71. The zero-order valence-corrected chi connectivity index (χ0v) is 9.20. The minimum atomic E-state index is 0.936. The summed E-state index contributed by atoms with van der Waals surface area (Å²) in [5.41, 5.74) is 0. The van der Waals surface area contributed by atoms with Gasteiger partial charge in [0.2, 0.25) is 0 Å². The van der Waals surface area contributed by atoms with E-state index in [1.165, 1.54) is 10.1 Å². The molecule has 0 saturated carbocycles. The van der Waals surface area contributed by atoms with Gasteiger partial charge < -0.3 is 4.90 Å². The van der Waals surface area contributed by atoms with Gasteiger partial charge in [0.1, 0.15) is 5.82 Å². The Morgan fingerprint density at radius 1 is 1.13 bits per heavy atom. The van der Waals surface area contributed by atoms with Gasteiger partial charge in [-0.05, 0) is 23.7 Å². The monoisotopic (exact) mass is 218 g/mol. The number of piperazine rings is 1. The first-order chi connectivity index (χ1) is 7.45. The molecule has 0 spiro atoms. The summed E-state index contributed by atoms with van der Waals surface area (Å²) in [6.45, 7) is 3.89. The van der Waals surface area contributed by atoms with Crippen LogP contribution in [-0.4, -0.2) is 30.6 Å². The largest absolute Gasteiger partial charge is 0.353 e. The number of anilines is 1. The Morgan fingerprint density at radius 2 is 1.93 bits per heavy atom. The van der Waals surface area contributed by atoms with Gasteiger partial charge >= 0.3 is 0 Å². The number of benzene rings is 1. The van der Waals surface area contributed by atoms with Crippen LogP contribution >= 0.6 is 11.5 Å². The van der Waals surface area contributed by atoms with E-state index in [1.807, 2.05) is 0 Å². The van der Waals surface area contributed by atoms with Crippen molar-refractivity contribution < 1.29 is 0 Å². The highest BCUT2D eigenvalue weighted by Gasteiger charge is 2.16. The summed E-state index contributed by atoms with van der Waals surface area (Å²) in [6, 6.07) is 8.43. The predicted octanol–water partition coefficient (Wildman–Crippen LogP) is 1.72. The summed E-state index contributed by atoms with van der Waals surface area (Å²) < 4.78 is 5.82. The summed E-state index contributed by atoms with van der Waals surface area (Å²) in [7, 11) is 0. The van der Waals surface area contributed by atoms with Crippen molar-refractivity contribution in [1.29, 1.82) is 0 Å². The van der Waals surface area contributed by atoms with E-state index >= 15 is 0 Å². The summed E-state index contributed by atoms with van der Waals surface area (Å²) in [5, 5.41) is 5.63. The fourth-order valence-electron chi connectivity index (χ4n) is 1.92. The summed E-state index contributed by atoms with van der Waals surface area (Å²) in [6.07, 6.45) is 0. The second-order valence-electron chi connectivity index (χ2n) is 3.66. The lowest BCUT2D eigenvalue weighted by molar-refractivity contribution is 0.577. The van der Waals surface area contributed by atoms with Gasteiger partial charge in [-0.25, -0.2) is 5.32 Å². The lowest BCUT2D eigenvalue weighted by atomic mass is 10.2. The van der Waals surface area contributed by atoms with Gasteiger partial charge in [0.25, 0.3) is 0 Å². The van der Waals surface area contributed by atoms with Gasteiger partial charge in [0.15, 0.2) is 0 Å². The lowest BCUT2D eigenvalue weighted by Crippen LogP contribution is -2.40. The molecule has 2 heterocycles. The molecule has 0 aliphatic carbocycles. The molecule has 0 N–H and O–H groups in total. The highest BCUT2D eigenvalue weighted by Crippen LogP contribution is 2.29. The molecular formula is C11H12N3S. The Morgan fingerprint density at radius 3 is 2.80 bits per heavy atom. The van der Waals surface area contributed by atoms with Crippen molar-refractivity contribution in [3.05, 3.63) is 24.3 Å². The van der Waals surface area contributed by atoms with Crippen molar-refractivity contribution >= 4 is 27.4 Å². The molecule has 3 nitrogen and oxygen atoms in total. The molecular weight excluding hydrogens is 206 g/mol. The molecule has 1 aromatic heterocycles. The molecule has 1 aliphatic rings. The quantitative estimate of drug-likeness (QED) is 0.729. The second kappa shape index (κ2) is 3.79. The van der Waals surface area contributed by atoms with Crippen LogP contribution in [0, 0.1) is 0 Å². The van der Waals surface area contributed by atoms with Crippen molar-refractivity contribution in [1.82, 2.24) is 9.69 Å². The number of aromatic nitrogens is 1. The summed E-state index contributed by atoms with van der Waals surface area (Å²) in [4.78, 5) is 2.34. The zero-order chi connectivity index (χ0) is 10.1. The number of rotatable bonds is 1. The first kappa shape index (κ1) is 9.12. The third kappa shape index (κ3) is 1.60. The third-order valence-corrected chi connectivity index (χ3v) is 3.53. The van der Waals surface area contributed by atoms with Gasteiger partial charge in [0, 0.05) is 31.6 Å². The maximum Gasteiger partial charge on any atom is 0.150 e. The van der Waals surface area contributed by atoms with Crippen LogP contribution in [0.15, 0.2) is 24.3 Å². The van der Waals surface area contributed by atoms with Crippen LogP contribution in [0.4, 0.5) is 5.82 Å². The van der Waals surface area contributed by atoms with Crippen LogP contribution in [0.25, 0.3) is 10.1 Å². The number of fused-ring (bicyclic) bond motifs is 1. The molecule has 1 saturated heterocycles. The molecule has 0 atom stereocenters. The van der Waals surface area contributed by atoms with E-state index in [4.69, 9.17) is 0 Å². The van der Waals surface area contributed by atoms with Gasteiger partial charge in [-0.15, -0.1) is 0 Å². The molecule has 1 radical (unpaired) electrons. The predicted molar refractivity (Wildman–Crippen MR) is 63.7 cm³/mol. The van der Waals surface area contributed by atoms with Crippen molar-refractivity contribution in [2.75, 3.05) is 31.1 Å². The van der Waals surface area contributed by atoms with Crippen molar-refractivity contribution in [2.24, 2.45) is 0 Å². The summed E-state index contributed by atoms with van der Waals surface area (Å²) >= 11 is 1.59. The first-order valence-corrected chi connectivity index (χ1v) is 5.95. The van der Waals surface area contributed by atoms with Crippen LogP contribution in [0.1, 0.15) is 0 Å². The Kier molecular flexibility index (Phi) is 2.31. The maximum atomic E-state index is 4.54. The molecule has 3 rings (SSSR count). The van der Waals surface area contributed by atoms with Gasteiger partial charge in [-0.1, -0.05) is 12.1 Å². The van der Waals surface area contributed by atoms with E-state index in [9.17, 15) is 0 Å². The van der Waals surface area contributed by atoms with E-state index in [0.29, 0.717) is 0 Å². The fraction of sp³-hybridized carbons (Fsp3) is 0.364. The molecule has 1 aliphatic heterocycles. The van der Waals surface area contributed by atoms with E-state index in [0.717, 1.165) is 32.0 Å². The Balaban J connectivity index is 2.02. The molecule has 0 unspecified atom stereocenters. The molecule has 4 heteroatoms. The molecule has 77 valence electrons. The molecule has 15 heavy (non-hydrogen) atoms. The van der Waals surface area contributed by atoms with Crippen LogP contribution < -0.4 is 10.2 Å². The van der Waals surface area contributed by atoms with Gasteiger partial charge in [-0.3, -0.25) is 0 Å². The van der Waals surface area contributed by atoms with Gasteiger partial charge in [-0.2, -0.15) is 4.37 Å². The zero-order valence-electron chi connectivity index (χ0n) is 8.39. The van der Waals surface area contributed by atoms with E-state index < -0.39 is 0 Å². The number of hydrogen-bond donors (Lipinski definition) is 0. The second-order valence-corrected chi connectivity index (χ2v) is 4.47. The van der Waals surface area contributed by atoms with E-state index in [-0.39, 0.29) is 0 Å². The van der Waals surface area contributed by atoms with Crippen LogP contribution in [0.3, 0.4) is 0 Å². The SMILES string of the molecule is c1ccc2c(N3CC[N]CC3)nsc2c1. The molecule has 0 bridgehead atoms. The lowest BCUT2D eigenvalue weighted by Gasteiger charge is -2.26. The van der Waals surface area contributed by atoms with Crippen molar-refractivity contribution in [3.63, 3.8) is 0 Å². The number of hydrogen-bond acceptors (Lipinski definition) is 3. The van der Waals surface area contributed by atoms with E-state index in [2.05, 4.69) is 38.9 Å². The minimum Gasteiger partial charge on any atom is -0.353 e. The van der Waals surface area contributed by atoms with Crippen molar-refractivity contribution in [2.45, 2.75) is 0 Å². The number of nitrogens with zero attached hydrogens (tertiary/aromatic N) is 3. The minimum absolute atomic E-state index is 0.936. The first-order valence-electron chi connectivity index (χ1n) is 5.18. The molecule has 1 fully saturated rings. The molecule has 2 aromatic rings. The standard InChI is InChI=1S/C11H12N3S/c1-2-4-10-9(3-1)11(13-15-10)14-7-5-12-6-8-14/h1-4H,5-8H2. The average Bonchev–Trinajstić information content (AvgIpc) is 2.74. The molecule has 1 aromatic carbocycles. The normalized spacial score (nSPS) is 17.2. The van der Waals surface area contributed by atoms with Crippen LogP contribution in [-0.2, 0) is 0 Å². The van der Waals surface area contributed by atoms with E-state index in [1.54, 1.807) is 11.5 Å². The Bertz CT molecular complexity index is 460. The Hall–Kier alpha value is -1.13. The Labute approximate surface area is 92.9 Å². The highest BCUT2D eigenvalue weighted by molar-refractivity contribution is 7.13. The average molecular weight is 218 g/mol. The van der Waals surface area contributed by atoms with Crippen LogP contribution in [0.5, 0.6) is 0 Å². The maximum absolute atomic E-state index is 4.54. The van der Waals surface area contributed by atoms with Crippen LogP contribution in [0.2, 0.25) is 0 Å². The highest BCUT2D eigenvalue weighted by atomic mass is 32.1. The smallest absolute Gasteiger partial charge is 0.150 e. The third-order valence-electron chi connectivity index (χ3n) is 2.71. The van der Waals surface area contributed by atoms with Gasteiger partial charge in [0.05, 0.1) is 4.70 Å².